The van der Waals surface area contributed by atoms with Crippen molar-refractivity contribution in [2.45, 2.75) is 13.5 Å². The molecule has 8 nitrogen and oxygen atoms in total. The molecule has 0 unspecified atom stereocenters. The highest BCUT2D eigenvalue weighted by atomic mass is 16.5. The van der Waals surface area contributed by atoms with Gasteiger partial charge in [-0.1, -0.05) is 67.6 Å². The molecule has 1 fully saturated rings. The van der Waals surface area contributed by atoms with E-state index >= 15 is 0 Å². The zero-order chi connectivity index (χ0) is 26.5. The number of carbonyl (C=O) groups excluding carboxylic acids is 1. The first-order valence-corrected chi connectivity index (χ1v) is 12.7. The van der Waals surface area contributed by atoms with Crippen LogP contribution in [0.15, 0.2) is 82.0 Å². The van der Waals surface area contributed by atoms with Crippen molar-refractivity contribution < 1.29 is 23.8 Å². The molecule has 0 atom stereocenters. The van der Waals surface area contributed by atoms with Crippen LogP contribution in [0.25, 0.3) is 22.3 Å². The van der Waals surface area contributed by atoms with Crippen molar-refractivity contribution in [2.75, 3.05) is 39.3 Å². The maximum atomic E-state index is 13.1. The van der Waals surface area contributed by atoms with E-state index < -0.39 is 11.2 Å². The van der Waals surface area contributed by atoms with Gasteiger partial charge >= 0.3 is 0 Å². The summed E-state index contributed by atoms with van der Waals surface area (Å²) in [5.41, 5.74) is 1.37. The molecule has 1 amide bonds. The van der Waals surface area contributed by atoms with Crippen LogP contribution in [-0.2, 0) is 11.4 Å². The van der Waals surface area contributed by atoms with E-state index in [1.807, 2.05) is 60.7 Å². The van der Waals surface area contributed by atoms with Crippen molar-refractivity contribution in [1.82, 2.24) is 9.80 Å². The van der Waals surface area contributed by atoms with Gasteiger partial charge in [0.25, 0.3) is 5.91 Å². The summed E-state index contributed by atoms with van der Waals surface area (Å²) in [4.78, 5) is 30.0. The van der Waals surface area contributed by atoms with Crippen LogP contribution in [0.1, 0.15) is 12.5 Å². The lowest BCUT2D eigenvalue weighted by atomic mass is 10.1. The number of benzene rings is 3. The predicted molar refractivity (Wildman–Crippen MR) is 145 cm³/mol. The van der Waals surface area contributed by atoms with Gasteiger partial charge in [0.15, 0.2) is 23.5 Å². The Balaban J connectivity index is 1.47. The first-order chi connectivity index (χ1) is 18.5. The predicted octanol–water partition coefficient (Wildman–Crippen LogP) is 4.29. The van der Waals surface area contributed by atoms with E-state index in [2.05, 4.69) is 11.8 Å². The van der Waals surface area contributed by atoms with E-state index in [4.69, 9.17) is 13.9 Å². The van der Waals surface area contributed by atoms with E-state index in [1.54, 1.807) is 4.90 Å². The Hall–Kier alpha value is -4.30. The highest BCUT2D eigenvalue weighted by Crippen LogP contribution is 2.43. The Kier molecular flexibility index (Phi) is 7.60. The molecule has 1 aromatic heterocycles. The van der Waals surface area contributed by atoms with Crippen LogP contribution < -0.4 is 14.9 Å². The van der Waals surface area contributed by atoms with Gasteiger partial charge in [0.1, 0.15) is 23.3 Å². The molecular formula is C30H30N2O6. The summed E-state index contributed by atoms with van der Waals surface area (Å²) in [5.74, 6) is -0.126. The van der Waals surface area contributed by atoms with E-state index in [9.17, 15) is 14.7 Å². The van der Waals surface area contributed by atoms with Gasteiger partial charge in [-0.05, 0) is 12.1 Å². The smallest absolute Gasteiger partial charge is 0.260 e. The van der Waals surface area contributed by atoms with Crippen molar-refractivity contribution in [2.24, 2.45) is 0 Å². The quantitative estimate of drug-likeness (QED) is 0.375. The van der Waals surface area contributed by atoms with Crippen LogP contribution in [-0.4, -0.2) is 60.1 Å². The minimum atomic E-state index is -0.427. The van der Waals surface area contributed by atoms with Gasteiger partial charge in [-0.3, -0.25) is 9.59 Å². The zero-order valence-corrected chi connectivity index (χ0v) is 21.3. The largest absolute Gasteiger partial charge is 0.504 e. The summed E-state index contributed by atoms with van der Waals surface area (Å²) < 4.78 is 17.9. The highest BCUT2D eigenvalue weighted by Gasteiger charge is 2.24. The number of nitrogens with zero attached hydrogens (tertiary/aromatic N) is 2. The lowest BCUT2D eigenvalue weighted by Gasteiger charge is -2.34. The van der Waals surface area contributed by atoms with Gasteiger partial charge in [0, 0.05) is 43.9 Å². The molecule has 5 rings (SSSR count). The average Bonchev–Trinajstić information content (AvgIpc) is 2.96. The molecule has 8 heteroatoms. The second kappa shape index (κ2) is 11.4. The number of amides is 1. The number of hydrogen-bond donors (Lipinski definition) is 1. The lowest BCUT2D eigenvalue weighted by Crippen LogP contribution is -2.49. The van der Waals surface area contributed by atoms with Gasteiger partial charge < -0.3 is 28.8 Å². The van der Waals surface area contributed by atoms with Gasteiger partial charge in [-0.25, -0.2) is 0 Å². The van der Waals surface area contributed by atoms with Crippen LogP contribution in [0.3, 0.4) is 0 Å². The molecule has 196 valence electrons. The standard InChI is InChI=1S/C30H30N2O6/c1-2-31-13-15-32(16-14-31)27(34)20-37-30-26(36-19-21-9-5-3-6-10-21)18-25-28(29(30)35)23(33)17-24(38-25)22-11-7-4-8-12-22/h3-12,17-18,35H,2,13-16,19-20H2,1H3. The average molecular weight is 515 g/mol. The topological polar surface area (TPSA) is 92.5 Å². The van der Waals surface area contributed by atoms with Crippen LogP contribution in [0.4, 0.5) is 0 Å². The first-order valence-electron chi connectivity index (χ1n) is 12.7. The van der Waals surface area contributed by atoms with E-state index in [1.165, 1.54) is 12.1 Å². The third kappa shape index (κ3) is 5.50. The molecule has 1 N–H and O–H groups in total. The summed E-state index contributed by atoms with van der Waals surface area (Å²) in [7, 11) is 0. The van der Waals surface area contributed by atoms with Crippen molar-refractivity contribution in [3.63, 3.8) is 0 Å². The Morgan fingerprint density at radius 3 is 2.32 bits per heavy atom. The van der Waals surface area contributed by atoms with Crippen LogP contribution >= 0.6 is 0 Å². The second-order valence-electron chi connectivity index (χ2n) is 9.14. The fourth-order valence-electron chi connectivity index (χ4n) is 4.53. The normalized spacial score (nSPS) is 14.0. The summed E-state index contributed by atoms with van der Waals surface area (Å²) in [6.07, 6.45) is 0. The van der Waals surface area contributed by atoms with E-state index in [0.717, 1.165) is 30.8 Å². The van der Waals surface area contributed by atoms with Crippen molar-refractivity contribution >= 4 is 16.9 Å². The van der Waals surface area contributed by atoms with Crippen molar-refractivity contribution in [3.05, 3.63) is 88.6 Å². The van der Waals surface area contributed by atoms with Gasteiger partial charge in [0.2, 0.25) is 5.75 Å². The van der Waals surface area contributed by atoms with Crippen LogP contribution in [0.5, 0.6) is 17.2 Å². The molecule has 0 radical (unpaired) electrons. The minimum Gasteiger partial charge on any atom is -0.504 e. The van der Waals surface area contributed by atoms with Gasteiger partial charge in [-0.15, -0.1) is 0 Å². The molecule has 3 aromatic carbocycles. The van der Waals surface area contributed by atoms with Crippen LogP contribution in [0.2, 0.25) is 0 Å². The maximum absolute atomic E-state index is 13.1. The van der Waals surface area contributed by atoms with Crippen molar-refractivity contribution in [1.29, 1.82) is 0 Å². The highest BCUT2D eigenvalue weighted by molar-refractivity contribution is 5.90. The van der Waals surface area contributed by atoms with Crippen LogP contribution in [0, 0.1) is 0 Å². The number of carbonyl (C=O) groups is 1. The molecule has 38 heavy (non-hydrogen) atoms. The number of piperazine rings is 1. The number of rotatable bonds is 8. The van der Waals surface area contributed by atoms with E-state index in [-0.39, 0.29) is 41.6 Å². The molecule has 0 bridgehead atoms. The first kappa shape index (κ1) is 25.4. The fraction of sp³-hybridized carbons (Fsp3) is 0.267. The molecule has 1 aliphatic heterocycles. The number of likely N-dealkylation sites (N-methyl/N-ethyl adjacent to an activating group) is 1. The number of fused-ring (bicyclic) bond motifs is 1. The molecule has 1 saturated heterocycles. The molecule has 0 saturated carbocycles. The lowest BCUT2D eigenvalue weighted by molar-refractivity contribution is -0.135. The van der Waals surface area contributed by atoms with Gasteiger partial charge in [0.05, 0.1) is 0 Å². The maximum Gasteiger partial charge on any atom is 0.260 e. The Bertz CT molecular complexity index is 1460. The number of phenolic OH excluding ortho intramolecular Hbond substituents is 1. The Morgan fingerprint density at radius 1 is 0.947 bits per heavy atom. The monoisotopic (exact) mass is 514 g/mol. The molecule has 0 spiro atoms. The summed E-state index contributed by atoms with van der Waals surface area (Å²) in [5, 5.41) is 11.1. The third-order valence-electron chi connectivity index (χ3n) is 6.72. The number of aromatic hydroxyl groups is 1. The number of hydrogen-bond acceptors (Lipinski definition) is 7. The molecule has 4 aromatic rings. The second-order valence-corrected chi connectivity index (χ2v) is 9.14. The summed E-state index contributed by atoms with van der Waals surface area (Å²) in [6, 6.07) is 21.6. The molecule has 1 aliphatic rings. The SMILES string of the molecule is CCN1CCN(C(=O)COc2c(OCc3ccccc3)cc3oc(-c4ccccc4)cc(=O)c3c2O)CC1. The zero-order valence-electron chi connectivity index (χ0n) is 21.3. The fourth-order valence-corrected chi connectivity index (χ4v) is 4.53. The summed E-state index contributed by atoms with van der Waals surface area (Å²) in [6.45, 7) is 5.78. The van der Waals surface area contributed by atoms with Crippen molar-refractivity contribution in [3.8, 4) is 28.6 Å². The molecule has 0 aliphatic carbocycles. The number of phenols is 1. The van der Waals surface area contributed by atoms with Gasteiger partial charge in [-0.2, -0.15) is 0 Å². The Morgan fingerprint density at radius 2 is 1.63 bits per heavy atom. The summed E-state index contributed by atoms with van der Waals surface area (Å²) >= 11 is 0. The minimum absolute atomic E-state index is 0.0317. The molecular weight excluding hydrogens is 484 g/mol. The third-order valence-corrected chi connectivity index (χ3v) is 6.72. The number of ether oxygens (including phenoxy) is 2. The van der Waals surface area contributed by atoms with E-state index in [0.29, 0.717) is 18.8 Å². The molecule has 2 heterocycles. The Labute approximate surface area is 220 Å².